The molecule has 4 aromatic rings. The molecule has 7 heterocycles. The van der Waals surface area contributed by atoms with Crippen LogP contribution in [0.5, 0.6) is 0 Å². The van der Waals surface area contributed by atoms with E-state index in [4.69, 9.17) is 29.2 Å². The van der Waals surface area contributed by atoms with E-state index in [0.717, 1.165) is 32.5 Å². The zero-order valence-corrected chi connectivity index (χ0v) is 39.7. The van der Waals surface area contributed by atoms with Crippen LogP contribution in [-0.2, 0) is 28.4 Å². The van der Waals surface area contributed by atoms with E-state index in [1.807, 2.05) is 0 Å². The average molecular weight is 976 g/mol. The second-order valence-corrected chi connectivity index (χ2v) is 15.6. The predicted octanol–water partition coefficient (Wildman–Crippen LogP) is 3.00. The molecular weight excluding hydrogens is 919 g/mol. The highest BCUT2D eigenvalue weighted by molar-refractivity contribution is 5.96. The van der Waals surface area contributed by atoms with E-state index in [9.17, 15) is 38.4 Å². The normalized spacial score (nSPS) is 14.0. The molecule has 70 heavy (non-hydrogen) atoms. The number of nitrogens with zero attached hydrogens (tertiary/aromatic N) is 6. The Morgan fingerprint density at radius 1 is 0.514 bits per heavy atom. The molecule has 3 saturated heterocycles. The van der Waals surface area contributed by atoms with E-state index in [1.165, 1.54) is 76.1 Å². The third kappa shape index (κ3) is 19.9. The van der Waals surface area contributed by atoms with Crippen LogP contribution in [0.25, 0.3) is 0 Å². The molecule has 23 heteroatoms. The Labute approximate surface area is 403 Å². The smallest absolute Gasteiger partial charge is 0.356 e. The number of ether oxygens (including phenoxy) is 6. The lowest BCUT2D eigenvalue weighted by molar-refractivity contribution is 0.00675. The van der Waals surface area contributed by atoms with Crippen LogP contribution in [0, 0.1) is 0 Å². The fourth-order valence-electron chi connectivity index (χ4n) is 5.59. The third-order valence-electron chi connectivity index (χ3n) is 9.24. The molecule has 0 aliphatic carbocycles. The molecule has 3 fully saturated rings. The van der Waals surface area contributed by atoms with Gasteiger partial charge in [-0.25, -0.2) is 33.9 Å². The number of esters is 3. The third-order valence-corrected chi connectivity index (χ3v) is 9.24. The molecule has 0 bridgehead atoms. The molecule has 0 spiro atoms. The van der Waals surface area contributed by atoms with Crippen molar-refractivity contribution in [3.05, 3.63) is 118 Å². The summed E-state index contributed by atoms with van der Waals surface area (Å²) in [6.07, 6.45) is 5.04. The number of carbonyl (C=O) groups excluding carboxylic acids is 6. The molecule has 0 unspecified atom stereocenters. The van der Waals surface area contributed by atoms with Crippen molar-refractivity contribution < 1.29 is 77.0 Å². The van der Waals surface area contributed by atoms with E-state index in [-0.39, 0.29) is 45.8 Å². The fourth-order valence-corrected chi connectivity index (χ4v) is 5.59. The minimum absolute atomic E-state index is 0.0349. The summed E-state index contributed by atoms with van der Waals surface area (Å²) in [4.78, 5) is 108. The zero-order valence-electron chi connectivity index (χ0n) is 39.7. The summed E-state index contributed by atoms with van der Waals surface area (Å²) in [6.45, 7) is 15.1. The summed E-state index contributed by atoms with van der Waals surface area (Å²) in [6, 6.07) is 11.5. The number of carbonyl (C=O) groups is 8. The number of morpholine rings is 3. The van der Waals surface area contributed by atoms with E-state index in [2.05, 4.69) is 34.7 Å². The van der Waals surface area contributed by atoms with Gasteiger partial charge in [-0.15, -0.1) is 0 Å². The zero-order chi connectivity index (χ0) is 51.6. The number of nitrogens with one attached hydrogen (secondary N) is 1. The molecule has 3 aliphatic heterocycles. The minimum atomic E-state index is -1.08. The molecule has 0 radical (unpaired) electrons. The van der Waals surface area contributed by atoms with Gasteiger partial charge in [0.05, 0.1) is 76.1 Å². The van der Waals surface area contributed by atoms with Crippen molar-refractivity contribution in [2.75, 3.05) is 93.1 Å². The van der Waals surface area contributed by atoms with Gasteiger partial charge < -0.3 is 53.8 Å². The van der Waals surface area contributed by atoms with Crippen LogP contribution >= 0.6 is 0 Å². The number of carboxylic acids is 2. The molecular formula is C47H57N7O16. The maximum absolute atomic E-state index is 12.0. The highest BCUT2D eigenvalue weighted by Gasteiger charge is 2.22. The van der Waals surface area contributed by atoms with Gasteiger partial charge in [-0.1, -0.05) is 0 Å². The Hall–Kier alpha value is -7.60. The Morgan fingerprint density at radius 2 is 0.886 bits per heavy atom. The van der Waals surface area contributed by atoms with Crippen molar-refractivity contribution in [1.82, 2.24) is 35.1 Å². The number of ketones is 1. The van der Waals surface area contributed by atoms with Crippen LogP contribution in [0.15, 0.2) is 73.3 Å². The summed E-state index contributed by atoms with van der Waals surface area (Å²) in [5.74, 6) is -4.08. The number of aromatic nitrogens is 4. The summed E-state index contributed by atoms with van der Waals surface area (Å²) in [5, 5.41) is 20.4. The van der Waals surface area contributed by atoms with E-state index in [0.29, 0.717) is 69.4 Å². The van der Waals surface area contributed by atoms with Gasteiger partial charge in [0.15, 0.2) is 5.78 Å². The van der Waals surface area contributed by atoms with Crippen LogP contribution in [-0.4, -0.2) is 186 Å². The number of hydrogen-bond donors (Lipinski definition) is 3. The summed E-state index contributed by atoms with van der Waals surface area (Å²) in [5.41, 5.74) is 1.24. The van der Waals surface area contributed by atoms with Gasteiger partial charge in [0, 0.05) is 71.0 Å². The molecule has 4 aromatic heterocycles. The first-order valence-electron chi connectivity index (χ1n) is 21.6. The van der Waals surface area contributed by atoms with Crippen LogP contribution in [0.4, 0.5) is 0 Å². The first-order chi connectivity index (χ1) is 33.3. The highest BCUT2D eigenvalue weighted by atomic mass is 16.6. The lowest BCUT2D eigenvalue weighted by Gasteiger charge is -2.26. The monoisotopic (exact) mass is 975 g/mol. The molecule has 0 atom stereocenters. The van der Waals surface area contributed by atoms with Crippen molar-refractivity contribution in [2.24, 2.45) is 0 Å². The molecule has 0 aromatic carbocycles. The summed E-state index contributed by atoms with van der Waals surface area (Å²) >= 11 is 0. The lowest BCUT2D eigenvalue weighted by Crippen LogP contribution is -2.41. The first-order valence-corrected chi connectivity index (χ1v) is 21.6. The topological polar surface area (TPSA) is 302 Å². The van der Waals surface area contributed by atoms with E-state index >= 15 is 0 Å². The van der Waals surface area contributed by atoms with Crippen LogP contribution in [0.2, 0.25) is 0 Å². The second kappa shape index (κ2) is 29.3. The number of methoxy groups -OCH3 is 2. The van der Waals surface area contributed by atoms with Gasteiger partial charge in [0.25, 0.3) is 11.8 Å². The van der Waals surface area contributed by atoms with Gasteiger partial charge in [-0.2, -0.15) is 0 Å². The van der Waals surface area contributed by atoms with E-state index in [1.54, 1.807) is 42.7 Å². The molecule has 23 nitrogen and oxygen atoms in total. The number of Topliss-reactive ketones (excluding diaryl/α,β-unsaturated/α-hetero) is 1. The molecule has 376 valence electrons. The largest absolute Gasteiger partial charge is 0.478 e. The quantitative estimate of drug-likeness (QED) is 0.130. The average Bonchev–Trinajstić information content (AvgIpc) is 3.39. The standard InChI is InChI=1S/C12H14N2O3.C12H15NO4.C11H12N2O4.C8H7NO4.C4H9NO/c1-9(15)11-3-2-10(8-13-11)12(16)14-4-6-17-7-5-14;1-12(2,3)17-10(14)8-5-6-9(13-7-8)11(15)16-4;14-10(13-3-5-17-6-4-13)9-2-1-8(7-12-9)11(15)16;1-13-8(12)6-3-2-5(4-9-6)7(10)11;1-3-6-4-2-5-1/h2-3,8H,4-7H2,1H3;5-7H,1-4H3;1-2,7H,3-6H2,(H,15,16);2-4H,1H3,(H,10,11);5H,1-4H2. The number of aromatic carboxylic acids is 2. The second-order valence-electron chi connectivity index (χ2n) is 15.6. The number of rotatable bonds is 8. The highest BCUT2D eigenvalue weighted by Crippen LogP contribution is 2.13. The maximum Gasteiger partial charge on any atom is 0.356 e. The van der Waals surface area contributed by atoms with Gasteiger partial charge >= 0.3 is 29.8 Å². The Balaban J connectivity index is 0.000000238. The molecule has 0 saturated carbocycles. The van der Waals surface area contributed by atoms with Crippen molar-refractivity contribution >= 4 is 47.4 Å². The van der Waals surface area contributed by atoms with Crippen LogP contribution in [0.3, 0.4) is 0 Å². The number of carboxylic acid groups (broad SMARTS) is 2. The fraction of sp³-hybridized carbons (Fsp3) is 0.404. The molecule has 3 aliphatic rings. The van der Waals surface area contributed by atoms with Gasteiger partial charge in [-0.3, -0.25) is 24.4 Å². The van der Waals surface area contributed by atoms with Crippen LogP contribution in [0.1, 0.15) is 111 Å². The van der Waals surface area contributed by atoms with Crippen molar-refractivity contribution in [3.8, 4) is 0 Å². The Bertz CT molecular complexity index is 2250. The SMILES string of the molecule is C1COCCN1.CC(=O)c1ccc(C(=O)N2CCOCC2)cn1.COC(=O)c1ccc(C(=O)O)cn1.COC(=O)c1ccc(C(=O)OC(C)(C)C)cn1.O=C(O)c1ccc(C(=O)N2CCOCC2)nc1. The Kier molecular flexibility index (Phi) is 23.8. The first kappa shape index (κ1) is 56.7. The number of pyridine rings is 4. The predicted molar refractivity (Wildman–Crippen MR) is 246 cm³/mol. The summed E-state index contributed by atoms with van der Waals surface area (Å²) in [7, 11) is 2.50. The number of amides is 2. The molecule has 7 rings (SSSR count). The van der Waals surface area contributed by atoms with Crippen molar-refractivity contribution in [3.63, 3.8) is 0 Å². The molecule has 2 amide bonds. The maximum atomic E-state index is 12.0. The Morgan fingerprint density at radius 3 is 1.21 bits per heavy atom. The van der Waals surface area contributed by atoms with Gasteiger partial charge in [-0.05, 0) is 69.3 Å². The lowest BCUT2D eigenvalue weighted by atomic mass is 10.2. The van der Waals surface area contributed by atoms with Gasteiger partial charge in [0.1, 0.15) is 28.4 Å². The van der Waals surface area contributed by atoms with Crippen molar-refractivity contribution in [1.29, 1.82) is 0 Å². The summed E-state index contributed by atoms with van der Waals surface area (Å²) < 4.78 is 29.4. The van der Waals surface area contributed by atoms with Crippen LogP contribution < -0.4 is 5.32 Å². The minimum Gasteiger partial charge on any atom is -0.478 e. The number of hydrogen-bond acceptors (Lipinski definition) is 19. The molecule has 3 N–H and O–H groups in total. The van der Waals surface area contributed by atoms with Crippen molar-refractivity contribution in [2.45, 2.75) is 33.3 Å². The van der Waals surface area contributed by atoms with E-state index < -0.39 is 35.4 Å². The van der Waals surface area contributed by atoms with Gasteiger partial charge in [0.2, 0.25) is 0 Å².